The van der Waals surface area contributed by atoms with Gasteiger partial charge in [-0.3, -0.25) is 0 Å². The predicted octanol–water partition coefficient (Wildman–Crippen LogP) is 3.19. The van der Waals surface area contributed by atoms with Crippen LogP contribution in [0.15, 0.2) is 41.0 Å². The van der Waals surface area contributed by atoms with Gasteiger partial charge in [0.05, 0.1) is 6.26 Å². The van der Waals surface area contributed by atoms with Gasteiger partial charge in [-0.15, -0.1) is 0 Å². The van der Waals surface area contributed by atoms with Gasteiger partial charge in [0.15, 0.2) is 0 Å². The van der Waals surface area contributed by atoms with Crippen molar-refractivity contribution in [2.45, 2.75) is 26.3 Å². The minimum atomic E-state index is 0.125. The summed E-state index contributed by atoms with van der Waals surface area (Å²) in [6, 6.07) is 9.66. The molecule has 1 heterocycles. The van der Waals surface area contributed by atoms with Crippen LogP contribution in [0.2, 0.25) is 0 Å². The average molecular weight is 245 g/mol. The Hall–Kier alpha value is -1.74. The quantitative estimate of drug-likeness (QED) is 0.850. The molecule has 1 aromatic heterocycles. The number of hydrogen-bond acceptors (Lipinski definition) is 3. The SMILES string of the molecule is Cc1ccc(O)c(C(C)NCCc2ccco2)c1. The van der Waals surface area contributed by atoms with Gasteiger partial charge in [-0.25, -0.2) is 0 Å². The van der Waals surface area contributed by atoms with Crippen LogP contribution in [0.4, 0.5) is 0 Å². The third-order valence-corrected chi connectivity index (χ3v) is 3.05. The average Bonchev–Trinajstić information content (AvgIpc) is 2.85. The van der Waals surface area contributed by atoms with Gasteiger partial charge in [-0.05, 0) is 32.0 Å². The standard InChI is InChI=1S/C15H19NO2/c1-11-5-6-15(17)14(10-11)12(2)16-8-7-13-4-3-9-18-13/h3-6,9-10,12,16-17H,7-8H2,1-2H3. The molecule has 2 rings (SSSR count). The topological polar surface area (TPSA) is 45.4 Å². The summed E-state index contributed by atoms with van der Waals surface area (Å²) in [6.45, 7) is 4.90. The van der Waals surface area contributed by atoms with Crippen molar-refractivity contribution in [1.29, 1.82) is 0 Å². The van der Waals surface area contributed by atoms with E-state index in [1.165, 1.54) is 0 Å². The number of nitrogens with one attached hydrogen (secondary N) is 1. The molecule has 0 aliphatic rings. The molecule has 0 spiro atoms. The maximum Gasteiger partial charge on any atom is 0.120 e. The van der Waals surface area contributed by atoms with E-state index in [4.69, 9.17) is 4.42 Å². The first-order valence-electron chi connectivity index (χ1n) is 6.22. The Balaban J connectivity index is 1.91. The highest BCUT2D eigenvalue weighted by molar-refractivity contribution is 5.37. The lowest BCUT2D eigenvalue weighted by Crippen LogP contribution is -2.21. The number of aryl methyl sites for hydroxylation is 1. The van der Waals surface area contributed by atoms with E-state index in [2.05, 4.69) is 12.2 Å². The van der Waals surface area contributed by atoms with Gasteiger partial charge in [0, 0.05) is 24.6 Å². The Labute approximate surface area is 107 Å². The Morgan fingerprint density at radius 1 is 1.33 bits per heavy atom. The van der Waals surface area contributed by atoms with Crippen LogP contribution in [0.3, 0.4) is 0 Å². The van der Waals surface area contributed by atoms with Gasteiger partial charge in [0.2, 0.25) is 0 Å². The fraction of sp³-hybridized carbons (Fsp3) is 0.333. The Bertz CT molecular complexity index is 491. The van der Waals surface area contributed by atoms with Crippen LogP contribution in [-0.2, 0) is 6.42 Å². The molecule has 96 valence electrons. The monoisotopic (exact) mass is 245 g/mol. The summed E-state index contributed by atoms with van der Waals surface area (Å²) in [7, 11) is 0. The largest absolute Gasteiger partial charge is 0.508 e. The summed E-state index contributed by atoms with van der Waals surface area (Å²) in [5.41, 5.74) is 2.09. The Morgan fingerprint density at radius 3 is 2.89 bits per heavy atom. The lowest BCUT2D eigenvalue weighted by atomic mass is 10.0. The van der Waals surface area contributed by atoms with Crippen molar-refractivity contribution in [2.75, 3.05) is 6.54 Å². The maximum atomic E-state index is 9.83. The molecule has 0 amide bonds. The molecule has 0 saturated carbocycles. The van der Waals surface area contributed by atoms with Crippen LogP contribution >= 0.6 is 0 Å². The van der Waals surface area contributed by atoms with Crippen molar-refractivity contribution in [3.8, 4) is 5.75 Å². The zero-order valence-corrected chi connectivity index (χ0v) is 10.8. The molecule has 1 unspecified atom stereocenters. The van der Waals surface area contributed by atoms with Gasteiger partial charge >= 0.3 is 0 Å². The number of rotatable bonds is 5. The van der Waals surface area contributed by atoms with Crippen molar-refractivity contribution in [2.24, 2.45) is 0 Å². The van der Waals surface area contributed by atoms with Crippen molar-refractivity contribution >= 4 is 0 Å². The molecule has 3 nitrogen and oxygen atoms in total. The highest BCUT2D eigenvalue weighted by atomic mass is 16.3. The van der Waals surface area contributed by atoms with Crippen molar-refractivity contribution in [3.63, 3.8) is 0 Å². The molecule has 0 radical (unpaired) electrons. The maximum absolute atomic E-state index is 9.83. The number of hydrogen-bond donors (Lipinski definition) is 2. The molecule has 3 heteroatoms. The van der Waals surface area contributed by atoms with E-state index in [1.807, 2.05) is 31.2 Å². The lowest BCUT2D eigenvalue weighted by molar-refractivity contribution is 0.448. The minimum absolute atomic E-state index is 0.125. The zero-order chi connectivity index (χ0) is 13.0. The highest BCUT2D eigenvalue weighted by Crippen LogP contribution is 2.24. The molecule has 18 heavy (non-hydrogen) atoms. The molecular formula is C15H19NO2. The molecular weight excluding hydrogens is 226 g/mol. The fourth-order valence-corrected chi connectivity index (χ4v) is 2.00. The summed E-state index contributed by atoms with van der Waals surface area (Å²) in [5.74, 6) is 1.32. The molecule has 0 aliphatic carbocycles. The van der Waals surface area contributed by atoms with E-state index in [0.29, 0.717) is 5.75 Å². The zero-order valence-electron chi connectivity index (χ0n) is 10.8. The van der Waals surface area contributed by atoms with Crippen LogP contribution in [0.5, 0.6) is 5.75 Å². The molecule has 2 N–H and O–H groups in total. The van der Waals surface area contributed by atoms with Crippen LogP contribution in [0.25, 0.3) is 0 Å². The van der Waals surface area contributed by atoms with Crippen molar-refractivity contribution in [1.82, 2.24) is 5.32 Å². The first kappa shape index (κ1) is 12.7. The molecule has 1 aromatic carbocycles. The van der Waals surface area contributed by atoms with E-state index in [0.717, 1.165) is 29.9 Å². The van der Waals surface area contributed by atoms with Crippen LogP contribution in [-0.4, -0.2) is 11.7 Å². The van der Waals surface area contributed by atoms with Gasteiger partial charge in [0.1, 0.15) is 11.5 Å². The van der Waals surface area contributed by atoms with Crippen LogP contribution < -0.4 is 5.32 Å². The second-order valence-corrected chi connectivity index (χ2v) is 4.57. The van der Waals surface area contributed by atoms with E-state index >= 15 is 0 Å². The molecule has 0 aliphatic heterocycles. The molecule has 0 fully saturated rings. The van der Waals surface area contributed by atoms with Crippen molar-refractivity contribution < 1.29 is 9.52 Å². The summed E-state index contributed by atoms with van der Waals surface area (Å²) >= 11 is 0. The summed E-state index contributed by atoms with van der Waals surface area (Å²) in [5, 5.41) is 13.2. The second-order valence-electron chi connectivity index (χ2n) is 4.57. The summed E-state index contributed by atoms with van der Waals surface area (Å²) < 4.78 is 5.27. The van der Waals surface area contributed by atoms with Crippen molar-refractivity contribution in [3.05, 3.63) is 53.5 Å². The van der Waals surface area contributed by atoms with Gasteiger partial charge in [0.25, 0.3) is 0 Å². The summed E-state index contributed by atoms with van der Waals surface area (Å²) in [6.07, 6.45) is 2.54. The first-order chi connectivity index (χ1) is 8.66. The number of furan rings is 1. The second kappa shape index (κ2) is 5.74. The third-order valence-electron chi connectivity index (χ3n) is 3.05. The number of phenolic OH excluding ortho intramolecular Hbond substituents is 1. The first-order valence-corrected chi connectivity index (χ1v) is 6.22. The normalized spacial score (nSPS) is 12.6. The fourth-order valence-electron chi connectivity index (χ4n) is 2.00. The van der Waals surface area contributed by atoms with Gasteiger partial charge in [-0.2, -0.15) is 0 Å². The van der Waals surface area contributed by atoms with Crippen LogP contribution in [0, 0.1) is 6.92 Å². The molecule has 0 saturated heterocycles. The van der Waals surface area contributed by atoms with Gasteiger partial charge < -0.3 is 14.8 Å². The summed E-state index contributed by atoms with van der Waals surface area (Å²) in [4.78, 5) is 0. The Morgan fingerprint density at radius 2 is 2.17 bits per heavy atom. The van der Waals surface area contributed by atoms with Gasteiger partial charge in [-0.1, -0.05) is 17.7 Å². The van der Waals surface area contributed by atoms with E-state index < -0.39 is 0 Å². The van der Waals surface area contributed by atoms with E-state index in [-0.39, 0.29) is 6.04 Å². The Kier molecular flexibility index (Phi) is 4.05. The number of aromatic hydroxyl groups is 1. The highest BCUT2D eigenvalue weighted by Gasteiger charge is 2.09. The molecule has 1 atom stereocenters. The number of phenols is 1. The minimum Gasteiger partial charge on any atom is -0.508 e. The predicted molar refractivity (Wildman–Crippen MR) is 71.7 cm³/mol. The van der Waals surface area contributed by atoms with E-state index in [9.17, 15) is 5.11 Å². The number of benzene rings is 1. The van der Waals surface area contributed by atoms with Crippen LogP contribution in [0.1, 0.15) is 29.9 Å². The smallest absolute Gasteiger partial charge is 0.120 e. The lowest BCUT2D eigenvalue weighted by Gasteiger charge is -2.15. The third kappa shape index (κ3) is 3.14. The van der Waals surface area contributed by atoms with E-state index in [1.54, 1.807) is 12.3 Å². The molecule has 0 bridgehead atoms. The molecule has 2 aromatic rings.